The third kappa shape index (κ3) is 4.26. The van der Waals surface area contributed by atoms with Gasteiger partial charge in [0.25, 0.3) is 5.91 Å². The van der Waals surface area contributed by atoms with Crippen molar-refractivity contribution in [2.45, 2.75) is 87.8 Å². The highest BCUT2D eigenvalue weighted by molar-refractivity contribution is 5.94. The number of carbonyl (C=O) groups excluding carboxylic acids is 1. The smallest absolute Gasteiger partial charge is 0.416 e. The lowest BCUT2D eigenvalue weighted by Crippen LogP contribution is -2.78. The fourth-order valence-corrected chi connectivity index (χ4v) is 8.45. The number of halogens is 3. The molecule has 1 N–H and O–H groups in total. The fraction of sp³-hybridized carbons (Fsp3) is 0.559. The number of carbonyl (C=O) groups is 1. The molecule has 7 rings (SSSR count). The Morgan fingerprint density at radius 3 is 2.60 bits per heavy atom. The number of aliphatic hydroxyl groups is 1. The Morgan fingerprint density at radius 2 is 1.90 bits per heavy atom. The summed E-state index contributed by atoms with van der Waals surface area (Å²) >= 11 is 0. The largest absolute Gasteiger partial charge is 0.487 e. The number of amides is 1. The van der Waals surface area contributed by atoms with Crippen molar-refractivity contribution >= 4 is 5.91 Å². The first kappa shape index (κ1) is 27.8. The van der Waals surface area contributed by atoms with E-state index in [0.29, 0.717) is 24.9 Å². The van der Waals surface area contributed by atoms with E-state index in [2.05, 4.69) is 36.7 Å². The van der Waals surface area contributed by atoms with Crippen LogP contribution in [0.15, 0.2) is 42.5 Å². The van der Waals surface area contributed by atoms with Crippen molar-refractivity contribution in [3.63, 3.8) is 0 Å². The van der Waals surface area contributed by atoms with Gasteiger partial charge in [-0.25, -0.2) is 0 Å². The minimum Gasteiger partial charge on any atom is -0.487 e. The molecular weight excluding hydrogens is 541 g/mol. The highest BCUT2D eigenvalue weighted by Gasteiger charge is 2.73. The predicted octanol–water partition coefficient (Wildman–Crippen LogP) is 5.17. The molecule has 8 heteroatoms. The van der Waals surface area contributed by atoms with Gasteiger partial charge in [0.05, 0.1) is 22.6 Å². The molecule has 1 saturated heterocycles. The van der Waals surface area contributed by atoms with Gasteiger partial charge in [0.15, 0.2) is 0 Å². The van der Waals surface area contributed by atoms with E-state index in [1.165, 1.54) is 30.5 Å². The Morgan fingerprint density at radius 1 is 1.14 bits per heavy atom. The Hall–Kier alpha value is -3.02. The molecule has 2 saturated carbocycles. The van der Waals surface area contributed by atoms with E-state index < -0.39 is 28.9 Å². The maximum atomic E-state index is 13.8. The van der Waals surface area contributed by atoms with Crippen LogP contribution >= 0.6 is 0 Å². The lowest BCUT2D eigenvalue weighted by molar-refractivity contribution is -0.201. The minimum atomic E-state index is -4.43. The minimum absolute atomic E-state index is 0.0217. The lowest BCUT2D eigenvalue weighted by Gasteiger charge is -2.65. The molecular formula is C34H37F3N2O3. The maximum Gasteiger partial charge on any atom is 0.416 e. The summed E-state index contributed by atoms with van der Waals surface area (Å²) in [5, 5.41) is 12.7. The molecule has 0 radical (unpaired) electrons. The molecule has 5 aliphatic rings. The number of alkyl halides is 3. The van der Waals surface area contributed by atoms with Gasteiger partial charge in [-0.3, -0.25) is 9.69 Å². The Labute approximate surface area is 245 Å². The first-order valence-electron chi connectivity index (χ1n) is 15.3. The Kier molecular flexibility index (Phi) is 6.45. The zero-order chi connectivity index (χ0) is 29.4. The third-order valence-electron chi connectivity index (χ3n) is 10.4. The SMILES string of the molecule is CC(C)CN(C(=O)C#Cc1ccc(C(F)(F)F)cc1)[C@H]1CC[C@@]2(O)[C@H]3Cc4cccc5c4[C@@]2(CCN3CC2CC2)[C@H]1O5. The van der Waals surface area contributed by atoms with Gasteiger partial charge in [-0.2, -0.15) is 13.2 Å². The molecule has 222 valence electrons. The second-order valence-electron chi connectivity index (χ2n) is 13.4. The van der Waals surface area contributed by atoms with Crippen molar-refractivity contribution in [3.8, 4) is 17.6 Å². The van der Waals surface area contributed by atoms with E-state index in [4.69, 9.17) is 4.74 Å². The highest BCUT2D eigenvalue weighted by Crippen LogP contribution is 2.64. The number of hydrogen-bond donors (Lipinski definition) is 1. The number of piperidine rings is 1. The van der Waals surface area contributed by atoms with E-state index in [-0.39, 0.29) is 23.9 Å². The van der Waals surface area contributed by atoms with Gasteiger partial charge in [-0.1, -0.05) is 31.9 Å². The zero-order valence-corrected chi connectivity index (χ0v) is 24.1. The standard InChI is InChI=1S/C34H37F3N2O3/c1-21(2)19-39(29(40)13-10-22-8-11-25(12-9-22)34(35,36)37)26-14-15-33(41)28-18-24-4-3-5-27-30(24)32(33,31(26)42-27)16-17-38(28)20-23-6-7-23/h3-5,8-9,11-12,21,23,26,28,31,41H,6-7,14-20H2,1-2H3/t26-,28+,31-,32-,33+/m0/s1. The molecule has 2 bridgehead atoms. The van der Waals surface area contributed by atoms with Gasteiger partial charge in [0.2, 0.25) is 0 Å². The van der Waals surface area contributed by atoms with Crippen LogP contribution < -0.4 is 4.74 Å². The van der Waals surface area contributed by atoms with Gasteiger partial charge in [0, 0.05) is 36.2 Å². The van der Waals surface area contributed by atoms with Crippen molar-refractivity contribution in [3.05, 3.63) is 64.7 Å². The molecule has 1 amide bonds. The monoisotopic (exact) mass is 578 g/mol. The zero-order valence-electron chi connectivity index (χ0n) is 24.1. The third-order valence-corrected chi connectivity index (χ3v) is 10.4. The van der Waals surface area contributed by atoms with Crippen LogP contribution in [0.4, 0.5) is 13.2 Å². The second kappa shape index (κ2) is 9.75. The van der Waals surface area contributed by atoms with Gasteiger partial charge in [-0.05, 0) is 92.8 Å². The van der Waals surface area contributed by atoms with Gasteiger partial charge in [-0.15, -0.1) is 0 Å². The average Bonchev–Trinajstić information content (AvgIpc) is 3.69. The summed E-state index contributed by atoms with van der Waals surface area (Å²) in [6, 6.07) is 10.5. The van der Waals surface area contributed by atoms with Gasteiger partial charge < -0.3 is 14.7 Å². The van der Waals surface area contributed by atoms with E-state index in [0.717, 1.165) is 55.3 Å². The summed E-state index contributed by atoms with van der Waals surface area (Å²) in [7, 11) is 0. The van der Waals surface area contributed by atoms with E-state index in [9.17, 15) is 23.1 Å². The van der Waals surface area contributed by atoms with Gasteiger partial charge in [0.1, 0.15) is 11.9 Å². The van der Waals surface area contributed by atoms with Crippen LogP contribution in [0.25, 0.3) is 0 Å². The number of likely N-dealkylation sites (tertiary alicyclic amines) is 1. The van der Waals surface area contributed by atoms with E-state index >= 15 is 0 Å². The first-order chi connectivity index (χ1) is 20.0. The van der Waals surface area contributed by atoms with E-state index in [1.54, 1.807) is 0 Å². The number of rotatable bonds is 5. The van der Waals surface area contributed by atoms with Crippen molar-refractivity contribution in [2.24, 2.45) is 11.8 Å². The molecule has 2 heterocycles. The Balaban J connectivity index is 1.23. The van der Waals surface area contributed by atoms with Crippen LogP contribution in [0.2, 0.25) is 0 Å². The summed E-state index contributed by atoms with van der Waals surface area (Å²) in [4.78, 5) is 18.1. The van der Waals surface area contributed by atoms with Crippen LogP contribution in [0, 0.1) is 23.7 Å². The topological polar surface area (TPSA) is 53.0 Å². The van der Waals surface area contributed by atoms with Crippen molar-refractivity contribution in [2.75, 3.05) is 19.6 Å². The van der Waals surface area contributed by atoms with Crippen LogP contribution in [0.3, 0.4) is 0 Å². The quantitative estimate of drug-likeness (QED) is 0.498. The molecule has 0 aromatic heterocycles. The maximum absolute atomic E-state index is 13.8. The molecule has 3 fully saturated rings. The van der Waals surface area contributed by atoms with Crippen molar-refractivity contribution in [1.29, 1.82) is 0 Å². The molecule has 5 atom stereocenters. The van der Waals surface area contributed by atoms with Crippen LogP contribution in [0.1, 0.15) is 68.2 Å². The molecule has 2 aromatic rings. The fourth-order valence-electron chi connectivity index (χ4n) is 8.45. The molecule has 2 aliphatic heterocycles. The molecule has 0 unspecified atom stereocenters. The summed E-state index contributed by atoms with van der Waals surface area (Å²) in [5.41, 5.74) is 0.443. The van der Waals surface area contributed by atoms with Crippen LogP contribution in [0.5, 0.6) is 5.75 Å². The second-order valence-corrected chi connectivity index (χ2v) is 13.4. The lowest BCUT2D eigenvalue weighted by atomic mass is 9.48. The molecule has 2 aromatic carbocycles. The molecule has 3 aliphatic carbocycles. The first-order valence-corrected chi connectivity index (χ1v) is 15.3. The highest BCUT2D eigenvalue weighted by atomic mass is 19.4. The summed E-state index contributed by atoms with van der Waals surface area (Å²) in [6.07, 6.45) is 0.465. The number of hydrogen-bond acceptors (Lipinski definition) is 4. The molecule has 5 nitrogen and oxygen atoms in total. The van der Waals surface area contributed by atoms with Crippen molar-refractivity contribution < 1.29 is 27.8 Å². The van der Waals surface area contributed by atoms with Crippen molar-refractivity contribution in [1.82, 2.24) is 9.80 Å². The number of benzene rings is 2. The predicted molar refractivity (Wildman–Crippen MR) is 152 cm³/mol. The normalized spacial score (nSPS) is 31.2. The van der Waals surface area contributed by atoms with Gasteiger partial charge >= 0.3 is 6.18 Å². The van der Waals surface area contributed by atoms with Crippen LogP contribution in [-0.2, 0) is 22.8 Å². The Bertz CT molecular complexity index is 1460. The van der Waals surface area contributed by atoms with Crippen LogP contribution in [-0.4, -0.2) is 64.2 Å². The summed E-state index contributed by atoms with van der Waals surface area (Å²) < 4.78 is 45.8. The summed E-state index contributed by atoms with van der Waals surface area (Å²) in [5.74, 6) is 6.87. The summed E-state index contributed by atoms with van der Waals surface area (Å²) in [6.45, 7) is 6.51. The number of nitrogens with zero attached hydrogens (tertiary/aromatic N) is 2. The average molecular weight is 579 g/mol. The molecule has 1 spiro atoms. The van der Waals surface area contributed by atoms with E-state index in [1.807, 2.05) is 17.0 Å². The molecule has 42 heavy (non-hydrogen) atoms. The number of ether oxygens (including phenoxy) is 1.